The van der Waals surface area contributed by atoms with E-state index in [2.05, 4.69) is 20.6 Å². The van der Waals surface area contributed by atoms with E-state index in [1.807, 2.05) is 30.3 Å². The molecule has 0 bridgehead atoms. The number of hydrogen-bond acceptors (Lipinski definition) is 5. The van der Waals surface area contributed by atoms with E-state index in [9.17, 15) is 4.79 Å². The van der Waals surface area contributed by atoms with E-state index in [1.165, 1.54) is 21.8 Å². The highest BCUT2D eigenvalue weighted by molar-refractivity contribution is 5.86. The van der Waals surface area contributed by atoms with Crippen LogP contribution in [0.25, 0.3) is 11.6 Å². The summed E-state index contributed by atoms with van der Waals surface area (Å²) in [7, 11) is 0. The third-order valence-corrected chi connectivity index (χ3v) is 2.49. The zero-order chi connectivity index (χ0) is 13.2. The maximum atomic E-state index is 10.8. The van der Waals surface area contributed by atoms with Crippen LogP contribution in [0.2, 0.25) is 0 Å². The number of carboxylic acids is 1. The Morgan fingerprint density at radius 3 is 2.68 bits per heavy atom. The Kier molecular flexibility index (Phi) is 2.53. The van der Waals surface area contributed by atoms with Gasteiger partial charge in [0, 0.05) is 6.20 Å². The van der Waals surface area contributed by atoms with Gasteiger partial charge in [-0.25, -0.2) is 9.48 Å². The Morgan fingerprint density at radius 2 is 2.00 bits per heavy atom. The lowest BCUT2D eigenvalue weighted by Crippen LogP contribution is -2.07. The molecular formula is C11H8N6O2. The largest absolute Gasteiger partial charge is 0.478 e. The van der Waals surface area contributed by atoms with Gasteiger partial charge < -0.3 is 5.11 Å². The normalized spacial score (nSPS) is 10.5. The van der Waals surface area contributed by atoms with Gasteiger partial charge >= 0.3 is 5.97 Å². The van der Waals surface area contributed by atoms with E-state index in [-0.39, 0.29) is 5.56 Å². The standard InChI is InChI=1S/C11H8N6O2/c18-10(19)8-6-12-16(7-8)11-13-14-15-17(11)9-4-2-1-3-5-9/h1-7H,(H,18,19). The molecule has 0 saturated carbocycles. The van der Waals surface area contributed by atoms with Crippen molar-refractivity contribution in [1.29, 1.82) is 0 Å². The molecule has 2 heterocycles. The average Bonchev–Trinajstić information content (AvgIpc) is 3.08. The molecule has 1 aromatic carbocycles. The van der Waals surface area contributed by atoms with Gasteiger partial charge in [-0.15, -0.1) is 0 Å². The minimum absolute atomic E-state index is 0.0719. The number of nitrogens with zero attached hydrogens (tertiary/aromatic N) is 6. The first-order valence-electron chi connectivity index (χ1n) is 5.38. The molecule has 0 amide bonds. The van der Waals surface area contributed by atoms with Crippen LogP contribution in [0.5, 0.6) is 0 Å². The van der Waals surface area contributed by atoms with Crippen molar-refractivity contribution in [3.8, 4) is 11.6 Å². The molecular weight excluding hydrogens is 248 g/mol. The van der Waals surface area contributed by atoms with Gasteiger partial charge in [0.05, 0.1) is 17.4 Å². The number of carboxylic acid groups (broad SMARTS) is 1. The second-order valence-corrected chi connectivity index (χ2v) is 3.70. The van der Waals surface area contributed by atoms with Gasteiger partial charge in [0.1, 0.15) is 0 Å². The summed E-state index contributed by atoms with van der Waals surface area (Å²) >= 11 is 0. The number of rotatable bonds is 3. The molecule has 3 rings (SSSR count). The van der Waals surface area contributed by atoms with Crippen LogP contribution >= 0.6 is 0 Å². The zero-order valence-electron chi connectivity index (χ0n) is 9.58. The van der Waals surface area contributed by atoms with Crippen molar-refractivity contribution in [1.82, 2.24) is 30.0 Å². The second-order valence-electron chi connectivity index (χ2n) is 3.70. The highest BCUT2D eigenvalue weighted by Gasteiger charge is 2.13. The van der Waals surface area contributed by atoms with E-state index in [1.54, 1.807) is 0 Å². The number of tetrazole rings is 1. The molecule has 0 saturated heterocycles. The summed E-state index contributed by atoms with van der Waals surface area (Å²) in [5.74, 6) is -0.733. The summed E-state index contributed by atoms with van der Waals surface area (Å²) in [6.45, 7) is 0. The fraction of sp³-hybridized carbons (Fsp3) is 0. The quantitative estimate of drug-likeness (QED) is 0.734. The monoisotopic (exact) mass is 256 g/mol. The van der Waals surface area contributed by atoms with Crippen LogP contribution in [-0.2, 0) is 0 Å². The molecule has 0 aliphatic rings. The minimum Gasteiger partial charge on any atom is -0.478 e. The molecule has 3 aromatic rings. The van der Waals surface area contributed by atoms with E-state index in [0.29, 0.717) is 5.95 Å². The van der Waals surface area contributed by atoms with Crippen LogP contribution in [0.1, 0.15) is 10.4 Å². The van der Waals surface area contributed by atoms with Crippen LogP contribution in [0.4, 0.5) is 0 Å². The van der Waals surface area contributed by atoms with Gasteiger partial charge in [0.15, 0.2) is 0 Å². The summed E-state index contributed by atoms with van der Waals surface area (Å²) in [5, 5.41) is 24.1. The van der Waals surface area contributed by atoms with Crippen LogP contribution in [-0.4, -0.2) is 41.1 Å². The molecule has 19 heavy (non-hydrogen) atoms. The summed E-state index contributed by atoms with van der Waals surface area (Å²) in [6.07, 6.45) is 2.60. The fourth-order valence-electron chi connectivity index (χ4n) is 1.60. The first-order valence-corrected chi connectivity index (χ1v) is 5.38. The first-order chi connectivity index (χ1) is 9.25. The molecule has 8 heteroatoms. The smallest absolute Gasteiger partial charge is 0.338 e. The van der Waals surface area contributed by atoms with Crippen molar-refractivity contribution in [2.45, 2.75) is 0 Å². The Balaban J connectivity index is 2.07. The van der Waals surface area contributed by atoms with Gasteiger partial charge in [-0.2, -0.15) is 9.78 Å². The fourth-order valence-corrected chi connectivity index (χ4v) is 1.60. The van der Waals surface area contributed by atoms with Crippen molar-refractivity contribution in [2.75, 3.05) is 0 Å². The van der Waals surface area contributed by atoms with E-state index in [0.717, 1.165) is 5.69 Å². The Hall–Kier alpha value is -3.03. The van der Waals surface area contributed by atoms with Crippen LogP contribution in [0, 0.1) is 0 Å². The van der Waals surface area contributed by atoms with Crippen molar-refractivity contribution in [3.05, 3.63) is 48.3 Å². The summed E-state index contributed by atoms with van der Waals surface area (Å²) in [4.78, 5) is 10.8. The van der Waals surface area contributed by atoms with Crippen molar-refractivity contribution in [3.63, 3.8) is 0 Å². The number of carbonyl (C=O) groups is 1. The van der Waals surface area contributed by atoms with Gasteiger partial charge in [0.25, 0.3) is 5.95 Å². The topological polar surface area (TPSA) is 98.7 Å². The lowest BCUT2D eigenvalue weighted by molar-refractivity contribution is 0.0697. The minimum atomic E-state index is -1.05. The predicted octanol–water partition coefficient (Wildman–Crippen LogP) is 0.546. The molecule has 0 aliphatic heterocycles. The number of para-hydroxylation sites is 1. The van der Waals surface area contributed by atoms with E-state index in [4.69, 9.17) is 5.11 Å². The summed E-state index contributed by atoms with van der Waals surface area (Å²) in [6, 6.07) is 9.26. The third-order valence-electron chi connectivity index (χ3n) is 2.49. The molecule has 0 spiro atoms. The van der Waals surface area contributed by atoms with Crippen LogP contribution in [0.15, 0.2) is 42.7 Å². The van der Waals surface area contributed by atoms with E-state index >= 15 is 0 Å². The van der Waals surface area contributed by atoms with Gasteiger partial charge in [-0.3, -0.25) is 0 Å². The zero-order valence-corrected chi connectivity index (χ0v) is 9.58. The van der Waals surface area contributed by atoms with E-state index < -0.39 is 5.97 Å². The molecule has 0 unspecified atom stereocenters. The Bertz CT molecular complexity index is 718. The molecule has 0 aliphatic carbocycles. The van der Waals surface area contributed by atoms with Gasteiger partial charge in [0.2, 0.25) is 0 Å². The van der Waals surface area contributed by atoms with Crippen LogP contribution in [0.3, 0.4) is 0 Å². The maximum absolute atomic E-state index is 10.8. The van der Waals surface area contributed by atoms with Gasteiger partial charge in [-0.1, -0.05) is 23.3 Å². The summed E-state index contributed by atoms with van der Waals surface area (Å²) in [5.41, 5.74) is 0.831. The second kappa shape index (κ2) is 4.33. The number of hydrogen-bond donors (Lipinski definition) is 1. The Morgan fingerprint density at radius 1 is 1.21 bits per heavy atom. The van der Waals surface area contributed by atoms with Crippen molar-refractivity contribution in [2.24, 2.45) is 0 Å². The Labute approximate surface area is 106 Å². The number of aromatic nitrogens is 6. The molecule has 0 atom stereocenters. The lowest BCUT2D eigenvalue weighted by atomic mass is 10.3. The molecule has 1 N–H and O–H groups in total. The lowest BCUT2D eigenvalue weighted by Gasteiger charge is -2.03. The van der Waals surface area contributed by atoms with Crippen molar-refractivity contribution < 1.29 is 9.90 Å². The first kappa shape index (κ1) is 11.1. The molecule has 2 aromatic heterocycles. The highest BCUT2D eigenvalue weighted by atomic mass is 16.4. The SMILES string of the molecule is O=C(O)c1cnn(-c2nnnn2-c2ccccc2)c1. The predicted molar refractivity (Wildman–Crippen MR) is 63.2 cm³/mol. The third kappa shape index (κ3) is 1.95. The maximum Gasteiger partial charge on any atom is 0.338 e. The molecule has 94 valence electrons. The molecule has 0 fully saturated rings. The molecule has 8 nitrogen and oxygen atoms in total. The number of benzene rings is 1. The number of aromatic carboxylic acids is 1. The average molecular weight is 256 g/mol. The molecule has 0 radical (unpaired) electrons. The van der Waals surface area contributed by atoms with Crippen molar-refractivity contribution >= 4 is 5.97 Å². The highest BCUT2D eigenvalue weighted by Crippen LogP contribution is 2.10. The van der Waals surface area contributed by atoms with Crippen LogP contribution < -0.4 is 0 Å². The summed E-state index contributed by atoms with van der Waals surface area (Å²) < 4.78 is 2.79. The van der Waals surface area contributed by atoms with Gasteiger partial charge in [-0.05, 0) is 22.6 Å².